The monoisotopic (exact) mass is 441 g/mol. The molecule has 2 N–H and O–H groups in total. The van der Waals surface area contributed by atoms with Crippen molar-refractivity contribution < 1.29 is 4.74 Å². The highest BCUT2D eigenvalue weighted by Gasteiger charge is 2.48. The van der Waals surface area contributed by atoms with Gasteiger partial charge >= 0.3 is 0 Å². The van der Waals surface area contributed by atoms with Crippen LogP contribution in [0.2, 0.25) is 5.15 Å². The highest BCUT2D eigenvalue weighted by Crippen LogP contribution is 2.47. The van der Waals surface area contributed by atoms with Crippen molar-refractivity contribution in [3.8, 4) is 5.75 Å². The van der Waals surface area contributed by atoms with E-state index in [1.165, 1.54) is 11.8 Å². The lowest BCUT2D eigenvalue weighted by Crippen LogP contribution is -2.51. The third kappa shape index (κ3) is 4.10. The fourth-order valence-corrected chi connectivity index (χ4v) is 4.87. The summed E-state index contributed by atoms with van der Waals surface area (Å²) >= 11 is 7.60. The van der Waals surface area contributed by atoms with Crippen LogP contribution in [0.5, 0.6) is 5.75 Å². The van der Waals surface area contributed by atoms with Gasteiger partial charge in [-0.05, 0) is 31.8 Å². The Bertz CT molecular complexity index is 1000. The van der Waals surface area contributed by atoms with Crippen molar-refractivity contribution in [1.29, 1.82) is 0 Å². The maximum Gasteiger partial charge on any atom is 0.146 e. The second kappa shape index (κ2) is 8.79. The number of hydrogen-bond acceptors (Lipinski definition) is 7. The van der Waals surface area contributed by atoms with Crippen LogP contribution in [0.15, 0.2) is 69.5 Å². The highest BCUT2D eigenvalue weighted by atomic mass is 35.5. The number of benzene rings is 1. The molecule has 3 heterocycles. The van der Waals surface area contributed by atoms with E-state index in [0.717, 1.165) is 53.0 Å². The Kier molecular flexibility index (Phi) is 6.13. The number of ether oxygens (including phenoxy) is 1. The van der Waals surface area contributed by atoms with E-state index in [4.69, 9.17) is 22.1 Å². The molecule has 1 aromatic heterocycles. The molecule has 156 valence electrons. The summed E-state index contributed by atoms with van der Waals surface area (Å²) in [5, 5.41) is 1.31. The zero-order valence-electron chi connectivity index (χ0n) is 16.8. The number of nitrogens with two attached hydrogens (primary N) is 1. The van der Waals surface area contributed by atoms with Crippen LogP contribution in [0.1, 0.15) is 31.4 Å². The zero-order chi connectivity index (χ0) is 21.1. The number of nitrogens with zero attached hydrogens (tertiary/aromatic N) is 4. The lowest BCUT2D eigenvalue weighted by molar-refractivity contribution is 0.00918. The van der Waals surface area contributed by atoms with Crippen LogP contribution in [-0.4, -0.2) is 40.3 Å². The van der Waals surface area contributed by atoms with Gasteiger partial charge in [-0.15, -0.1) is 0 Å². The van der Waals surface area contributed by atoms with Gasteiger partial charge in [0.25, 0.3) is 0 Å². The van der Waals surface area contributed by atoms with Crippen molar-refractivity contribution >= 4 is 35.1 Å². The number of hydrogen-bond donors (Lipinski definition) is 1. The van der Waals surface area contributed by atoms with Crippen molar-refractivity contribution in [3.63, 3.8) is 0 Å². The molecule has 0 saturated carbocycles. The molecule has 1 spiro atoms. The maximum atomic E-state index is 6.56. The number of rotatable bonds is 4. The van der Waals surface area contributed by atoms with Gasteiger partial charge in [-0.1, -0.05) is 41.6 Å². The van der Waals surface area contributed by atoms with E-state index in [0.29, 0.717) is 5.15 Å². The van der Waals surface area contributed by atoms with Gasteiger partial charge in [0, 0.05) is 37.7 Å². The smallest absolute Gasteiger partial charge is 0.146 e. The molecular weight excluding hydrogens is 418 g/mol. The third-order valence-electron chi connectivity index (χ3n) is 5.57. The summed E-state index contributed by atoms with van der Waals surface area (Å²) in [6.45, 7) is 7.22. The van der Waals surface area contributed by atoms with E-state index in [9.17, 15) is 0 Å². The molecule has 30 heavy (non-hydrogen) atoms. The third-order valence-corrected chi connectivity index (χ3v) is 6.94. The van der Waals surface area contributed by atoms with Gasteiger partial charge in [-0.25, -0.2) is 9.98 Å². The maximum absolute atomic E-state index is 6.56. The van der Waals surface area contributed by atoms with Crippen LogP contribution in [0.25, 0.3) is 0 Å². The minimum atomic E-state index is -0.349. The Morgan fingerprint density at radius 2 is 2.10 bits per heavy atom. The molecule has 0 bridgehead atoms. The number of para-hydroxylation sites is 1. The predicted octanol–water partition coefficient (Wildman–Crippen LogP) is 4.67. The molecule has 1 fully saturated rings. The first-order chi connectivity index (χ1) is 14.5. The van der Waals surface area contributed by atoms with E-state index in [2.05, 4.69) is 32.7 Å². The molecule has 8 heteroatoms. The molecule has 0 aliphatic carbocycles. The number of halogens is 1. The average Bonchev–Trinajstić information content (AvgIpc) is 3.03. The first-order valence-electron chi connectivity index (χ1n) is 9.80. The van der Waals surface area contributed by atoms with E-state index >= 15 is 0 Å². The lowest BCUT2D eigenvalue weighted by Gasteiger charge is -2.41. The molecule has 2 aromatic rings. The molecule has 1 aromatic carbocycles. The largest absolute Gasteiger partial charge is 0.485 e. The molecule has 0 amide bonds. The van der Waals surface area contributed by atoms with Crippen molar-refractivity contribution in [1.82, 2.24) is 9.88 Å². The van der Waals surface area contributed by atoms with E-state index < -0.39 is 0 Å². The second-order valence-corrected chi connectivity index (χ2v) is 8.95. The number of fused-ring (bicyclic) bond motifs is 1. The molecular formula is C22H24ClN5OS. The SMILES string of the molecule is C=N/C(=C\N=C(C)Sc1cccnc1Cl)N1CCC2(CC1)Oc1ccccc1[C@H]2N. The summed E-state index contributed by atoms with van der Waals surface area (Å²) in [6, 6.07) is 11.7. The van der Waals surface area contributed by atoms with Gasteiger partial charge < -0.3 is 15.4 Å². The van der Waals surface area contributed by atoms with Crippen LogP contribution in [0, 0.1) is 0 Å². The van der Waals surface area contributed by atoms with Crippen LogP contribution in [0.4, 0.5) is 0 Å². The summed E-state index contributed by atoms with van der Waals surface area (Å²) in [7, 11) is 0. The minimum absolute atomic E-state index is 0.110. The molecule has 6 nitrogen and oxygen atoms in total. The molecule has 0 unspecified atom stereocenters. The molecule has 4 rings (SSSR count). The first kappa shape index (κ1) is 20.9. The normalized spacial score (nSPS) is 20.8. The van der Waals surface area contributed by atoms with E-state index in [1.54, 1.807) is 12.4 Å². The molecule has 1 atom stereocenters. The quantitative estimate of drug-likeness (QED) is 0.323. The standard InChI is InChI=1S/C22H24ClN5OS/c1-15(30-18-8-5-11-26-21(18)23)27-14-19(25-2)28-12-9-22(10-13-28)20(24)16-6-3-4-7-17(16)29-22/h3-8,11,14,20H,2,9-10,12-13,24H2,1H3/b19-14+,27-15?/t20-/m1/s1. The molecule has 1 saturated heterocycles. The Morgan fingerprint density at radius 3 is 2.80 bits per heavy atom. The first-order valence-corrected chi connectivity index (χ1v) is 11.0. The Labute approximate surface area is 185 Å². The summed E-state index contributed by atoms with van der Waals surface area (Å²) in [4.78, 5) is 15.9. The fraction of sp³-hybridized carbons (Fsp3) is 0.318. The predicted molar refractivity (Wildman–Crippen MR) is 123 cm³/mol. The Hall–Kier alpha value is -2.35. The van der Waals surface area contributed by atoms with Gasteiger partial charge in [0.15, 0.2) is 0 Å². The number of likely N-dealkylation sites (tertiary alicyclic amines) is 1. The second-order valence-electron chi connectivity index (χ2n) is 7.36. The minimum Gasteiger partial charge on any atom is -0.485 e. The summed E-state index contributed by atoms with van der Waals surface area (Å²) < 4.78 is 6.32. The number of aliphatic imine (C=N–C) groups is 2. The summed E-state index contributed by atoms with van der Waals surface area (Å²) in [5.74, 6) is 1.65. The molecule has 2 aliphatic rings. The number of aromatic nitrogens is 1. The van der Waals surface area contributed by atoms with Crippen LogP contribution < -0.4 is 10.5 Å². The van der Waals surface area contributed by atoms with Gasteiger partial charge in [0.2, 0.25) is 0 Å². The summed E-state index contributed by atoms with van der Waals surface area (Å²) in [6.07, 6.45) is 5.05. The average molecular weight is 442 g/mol. The van der Waals surface area contributed by atoms with Crippen molar-refractivity contribution in [2.45, 2.75) is 36.3 Å². The molecule has 0 radical (unpaired) electrons. The number of pyridine rings is 1. The zero-order valence-corrected chi connectivity index (χ0v) is 18.4. The van der Waals surface area contributed by atoms with Gasteiger partial charge in [0.1, 0.15) is 22.3 Å². The fourth-order valence-electron chi connectivity index (χ4n) is 3.93. The Balaban J connectivity index is 1.42. The van der Waals surface area contributed by atoms with Gasteiger partial charge in [0.05, 0.1) is 22.2 Å². The van der Waals surface area contributed by atoms with Gasteiger partial charge in [-0.2, -0.15) is 0 Å². The van der Waals surface area contributed by atoms with E-state index in [-0.39, 0.29) is 11.6 Å². The number of piperidine rings is 1. The highest BCUT2D eigenvalue weighted by molar-refractivity contribution is 8.14. The van der Waals surface area contributed by atoms with Crippen molar-refractivity contribution in [2.75, 3.05) is 13.1 Å². The van der Waals surface area contributed by atoms with Crippen LogP contribution >= 0.6 is 23.4 Å². The van der Waals surface area contributed by atoms with Crippen LogP contribution in [-0.2, 0) is 0 Å². The van der Waals surface area contributed by atoms with Crippen molar-refractivity contribution in [2.24, 2.45) is 15.7 Å². The molecule has 2 aliphatic heterocycles. The topological polar surface area (TPSA) is 76.1 Å². The summed E-state index contributed by atoms with van der Waals surface area (Å²) in [5.41, 5.74) is 7.30. The number of thioether (sulfide) groups is 1. The van der Waals surface area contributed by atoms with Gasteiger partial charge in [-0.3, -0.25) is 4.99 Å². The lowest BCUT2D eigenvalue weighted by atomic mass is 9.83. The van der Waals surface area contributed by atoms with E-state index in [1.807, 2.05) is 37.3 Å². The Morgan fingerprint density at radius 1 is 1.33 bits per heavy atom. The van der Waals surface area contributed by atoms with Crippen LogP contribution in [0.3, 0.4) is 0 Å². The van der Waals surface area contributed by atoms with Crippen molar-refractivity contribution in [3.05, 3.63) is 65.3 Å².